The van der Waals surface area contributed by atoms with Gasteiger partial charge in [-0.2, -0.15) is 0 Å². The largest absolute Gasteiger partial charge is 0.495 e. The summed E-state index contributed by atoms with van der Waals surface area (Å²) in [6.07, 6.45) is 1.01. The highest BCUT2D eigenvalue weighted by atomic mass is 35.5. The van der Waals surface area contributed by atoms with E-state index in [4.69, 9.17) is 27.9 Å². The highest BCUT2D eigenvalue weighted by molar-refractivity contribution is 7.92. The molecule has 24 heavy (non-hydrogen) atoms. The van der Waals surface area contributed by atoms with Crippen molar-refractivity contribution in [2.45, 2.75) is 0 Å². The Morgan fingerprint density at radius 1 is 1.08 bits per heavy atom. The van der Waals surface area contributed by atoms with Crippen LogP contribution in [0.25, 0.3) is 0 Å². The van der Waals surface area contributed by atoms with Crippen molar-refractivity contribution in [1.82, 2.24) is 0 Å². The number of amides is 1. The van der Waals surface area contributed by atoms with Gasteiger partial charge in [-0.15, -0.1) is 0 Å². The number of nitrogens with one attached hydrogen (secondary N) is 2. The van der Waals surface area contributed by atoms with Crippen molar-refractivity contribution >= 4 is 50.5 Å². The second kappa shape index (κ2) is 7.29. The second-order valence-electron chi connectivity index (χ2n) is 4.87. The third kappa shape index (κ3) is 4.77. The Hall–Kier alpha value is -1.96. The predicted octanol–water partition coefficient (Wildman–Crippen LogP) is 3.63. The Morgan fingerprint density at radius 3 is 2.38 bits per heavy atom. The van der Waals surface area contributed by atoms with Crippen molar-refractivity contribution in [3.8, 4) is 5.75 Å². The number of ether oxygens (including phenoxy) is 1. The number of carbonyl (C=O) groups excluding carboxylic acids is 1. The fraction of sp³-hybridized carbons (Fsp3) is 0.133. The van der Waals surface area contributed by atoms with Crippen LogP contribution in [0.1, 0.15) is 10.4 Å². The summed E-state index contributed by atoms with van der Waals surface area (Å²) in [6.45, 7) is 0. The summed E-state index contributed by atoms with van der Waals surface area (Å²) in [5, 5.41) is 3.34. The van der Waals surface area contributed by atoms with Crippen LogP contribution in [0.4, 0.5) is 11.4 Å². The maximum atomic E-state index is 12.3. The standard InChI is InChI=1S/C15H14Cl2N2O4S/c1-23-14-6-3-9(7-13(14)19-24(2,21)22)15(20)18-10-4-5-11(16)12(17)8-10/h3-8,19H,1-2H3,(H,18,20). The first-order valence-corrected chi connectivity index (χ1v) is 9.26. The molecule has 1 amide bonds. The smallest absolute Gasteiger partial charge is 0.255 e. The van der Waals surface area contributed by atoms with E-state index in [2.05, 4.69) is 10.0 Å². The average molecular weight is 389 g/mol. The van der Waals surface area contributed by atoms with Crippen LogP contribution in [0.2, 0.25) is 10.0 Å². The molecular formula is C15H14Cl2N2O4S. The third-order valence-corrected chi connectivity index (χ3v) is 4.26. The Morgan fingerprint density at radius 2 is 1.79 bits per heavy atom. The summed E-state index contributed by atoms with van der Waals surface area (Å²) in [4.78, 5) is 12.3. The molecule has 0 bridgehead atoms. The number of halogens is 2. The Kier molecular flexibility index (Phi) is 5.58. The lowest BCUT2D eigenvalue weighted by Gasteiger charge is -2.12. The van der Waals surface area contributed by atoms with Crippen LogP contribution < -0.4 is 14.8 Å². The molecule has 2 aromatic carbocycles. The van der Waals surface area contributed by atoms with Gasteiger partial charge in [-0.05, 0) is 36.4 Å². The van der Waals surface area contributed by atoms with E-state index >= 15 is 0 Å². The number of hydrogen-bond donors (Lipinski definition) is 2. The van der Waals surface area contributed by atoms with Crippen LogP contribution in [0.15, 0.2) is 36.4 Å². The monoisotopic (exact) mass is 388 g/mol. The van der Waals surface area contributed by atoms with E-state index in [-0.39, 0.29) is 11.3 Å². The lowest BCUT2D eigenvalue weighted by atomic mass is 10.1. The summed E-state index contributed by atoms with van der Waals surface area (Å²) in [6, 6.07) is 9.07. The molecule has 128 valence electrons. The van der Waals surface area contributed by atoms with Gasteiger partial charge in [-0.3, -0.25) is 9.52 Å². The number of anilines is 2. The first-order valence-electron chi connectivity index (χ1n) is 6.62. The molecule has 2 rings (SSSR count). The molecule has 0 aliphatic heterocycles. The van der Waals surface area contributed by atoms with Crippen molar-refractivity contribution in [2.75, 3.05) is 23.4 Å². The van der Waals surface area contributed by atoms with Gasteiger partial charge in [0.05, 0.1) is 29.1 Å². The summed E-state index contributed by atoms with van der Waals surface area (Å²) >= 11 is 11.7. The summed E-state index contributed by atoms with van der Waals surface area (Å²) in [5.74, 6) is -0.140. The van der Waals surface area contributed by atoms with Gasteiger partial charge < -0.3 is 10.1 Å². The number of carbonyl (C=O) groups is 1. The molecular weight excluding hydrogens is 375 g/mol. The first-order chi connectivity index (χ1) is 11.2. The zero-order chi connectivity index (χ0) is 17.9. The van der Waals surface area contributed by atoms with Gasteiger partial charge in [0.1, 0.15) is 5.75 Å². The van der Waals surface area contributed by atoms with E-state index in [9.17, 15) is 13.2 Å². The maximum Gasteiger partial charge on any atom is 0.255 e. The molecule has 2 aromatic rings. The molecule has 0 saturated heterocycles. The van der Waals surface area contributed by atoms with E-state index in [1.807, 2.05) is 0 Å². The lowest BCUT2D eigenvalue weighted by molar-refractivity contribution is 0.102. The van der Waals surface area contributed by atoms with Crippen molar-refractivity contribution in [3.63, 3.8) is 0 Å². The van der Waals surface area contributed by atoms with Crippen molar-refractivity contribution in [1.29, 1.82) is 0 Å². The minimum Gasteiger partial charge on any atom is -0.495 e. The molecule has 0 unspecified atom stereocenters. The minimum atomic E-state index is -3.52. The molecule has 0 atom stereocenters. The fourth-order valence-corrected chi connectivity index (χ4v) is 2.76. The van der Waals surface area contributed by atoms with Gasteiger partial charge in [-0.25, -0.2) is 8.42 Å². The molecule has 0 fully saturated rings. The van der Waals surface area contributed by atoms with Crippen molar-refractivity contribution < 1.29 is 17.9 Å². The molecule has 2 N–H and O–H groups in total. The third-order valence-electron chi connectivity index (χ3n) is 2.93. The highest BCUT2D eigenvalue weighted by Crippen LogP contribution is 2.28. The first kappa shape index (κ1) is 18.4. The van der Waals surface area contributed by atoms with Crippen molar-refractivity contribution in [3.05, 3.63) is 52.0 Å². The van der Waals surface area contributed by atoms with Crippen LogP contribution >= 0.6 is 23.2 Å². The van der Waals surface area contributed by atoms with E-state index < -0.39 is 15.9 Å². The van der Waals surface area contributed by atoms with Gasteiger partial charge >= 0.3 is 0 Å². The van der Waals surface area contributed by atoms with Crippen LogP contribution in [0.3, 0.4) is 0 Å². The van der Waals surface area contributed by atoms with Gasteiger partial charge in [0.15, 0.2) is 0 Å². The fourth-order valence-electron chi connectivity index (χ4n) is 1.91. The highest BCUT2D eigenvalue weighted by Gasteiger charge is 2.13. The van der Waals surface area contributed by atoms with E-state index in [1.54, 1.807) is 12.1 Å². The number of methoxy groups -OCH3 is 1. The molecule has 9 heteroatoms. The zero-order valence-corrected chi connectivity index (χ0v) is 15.1. The van der Waals surface area contributed by atoms with E-state index in [0.717, 1.165) is 6.26 Å². The number of hydrogen-bond acceptors (Lipinski definition) is 4. The Balaban J connectivity index is 2.28. The van der Waals surface area contributed by atoms with Crippen LogP contribution in [0.5, 0.6) is 5.75 Å². The molecule has 0 aliphatic rings. The SMILES string of the molecule is COc1ccc(C(=O)Nc2ccc(Cl)c(Cl)c2)cc1NS(C)(=O)=O. The average Bonchev–Trinajstić information content (AvgIpc) is 2.49. The Labute approximate surface area is 149 Å². The maximum absolute atomic E-state index is 12.3. The normalized spacial score (nSPS) is 11.0. The topological polar surface area (TPSA) is 84.5 Å². The molecule has 0 radical (unpaired) electrons. The Bertz CT molecular complexity index is 885. The van der Waals surface area contributed by atoms with Crippen LogP contribution in [-0.2, 0) is 10.0 Å². The van der Waals surface area contributed by atoms with Crippen molar-refractivity contribution in [2.24, 2.45) is 0 Å². The molecule has 0 aliphatic carbocycles. The van der Waals surface area contributed by atoms with E-state index in [1.165, 1.54) is 31.4 Å². The molecule has 0 heterocycles. The predicted molar refractivity (Wildman–Crippen MR) is 95.9 cm³/mol. The molecule has 0 saturated carbocycles. The summed E-state index contributed by atoms with van der Waals surface area (Å²) in [7, 11) is -2.11. The molecule has 6 nitrogen and oxygen atoms in total. The molecule has 0 aromatic heterocycles. The zero-order valence-electron chi connectivity index (χ0n) is 12.8. The number of benzene rings is 2. The lowest BCUT2D eigenvalue weighted by Crippen LogP contribution is -2.14. The van der Waals surface area contributed by atoms with Crippen LogP contribution in [-0.4, -0.2) is 27.7 Å². The van der Waals surface area contributed by atoms with Gasteiger partial charge in [-0.1, -0.05) is 23.2 Å². The van der Waals surface area contributed by atoms with Crippen LogP contribution in [0, 0.1) is 0 Å². The van der Waals surface area contributed by atoms with Gasteiger partial charge in [0.25, 0.3) is 5.91 Å². The quantitative estimate of drug-likeness (QED) is 0.818. The number of sulfonamides is 1. The van der Waals surface area contributed by atoms with E-state index in [0.29, 0.717) is 21.5 Å². The van der Waals surface area contributed by atoms with Gasteiger partial charge in [0.2, 0.25) is 10.0 Å². The second-order valence-corrected chi connectivity index (χ2v) is 7.44. The summed E-state index contributed by atoms with van der Waals surface area (Å²) in [5.41, 5.74) is 0.873. The minimum absolute atomic E-state index is 0.168. The number of rotatable bonds is 5. The van der Waals surface area contributed by atoms with Gasteiger partial charge in [0, 0.05) is 11.3 Å². The molecule has 0 spiro atoms. The summed E-state index contributed by atoms with van der Waals surface area (Å²) < 4.78 is 30.2.